The average molecular weight is 543 g/mol. The van der Waals surface area contributed by atoms with Gasteiger partial charge in [-0.05, 0) is 58.6 Å². The van der Waals surface area contributed by atoms with Crippen molar-refractivity contribution in [2.24, 2.45) is 0 Å². The monoisotopic (exact) mass is 542 g/mol. The number of methoxy groups -OCH3 is 1. The Bertz CT molecular complexity index is 1370. The number of rotatable bonds is 7. The average Bonchev–Trinajstić information content (AvgIpc) is 3.20. The Labute approximate surface area is 196 Å². The van der Waals surface area contributed by atoms with Gasteiger partial charge in [-0.2, -0.15) is 4.72 Å². The summed E-state index contributed by atoms with van der Waals surface area (Å²) in [7, 11) is -3.41. The lowest BCUT2D eigenvalue weighted by atomic mass is 9.88. The number of aromatic amines is 1. The largest absolute Gasteiger partial charge is 0.465 e. The fourth-order valence-corrected chi connectivity index (χ4v) is 5.10. The second-order valence-electron chi connectivity index (χ2n) is 7.24. The molecule has 2 aromatic heterocycles. The maximum Gasteiger partial charge on any atom is 0.434 e. The van der Waals surface area contributed by atoms with E-state index in [0.717, 1.165) is 12.7 Å². The standard InChI is InChI=1S/C20H20BrFN4O6S/c1-9-5-6-14(22)15(10(9)2)11(3)16(17-24-25-20(28)32-17)26-33(29,30)18-13(19(27)31-4)7-12(21)8-23-18/h5-8,11,16,26H,1-4H3,(H,25,28)/t11-,16+/m1/s1. The van der Waals surface area contributed by atoms with E-state index in [1.54, 1.807) is 26.8 Å². The number of aryl methyl sites for hydroxylation is 1. The molecule has 0 aliphatic heterocycles. The number of ether oxygens (including phenoxy) is 1. The molecular weight excluding hydrogens is 523 g/mol. The molecule has 10 nitrogen and oxygen atoms in total. The molecule has 0 saturated heterocycles. The fraction of sp³-hybridized carbons (Fsp3) is 0.300. The van der Waals surface area contributed by atoms with Crippen molar-refractivity contribution in [3.05, 3.63) is 73.4 Å². The summed E-state index contributed by atoms with van der Waals surface area (Å²) in [4.78, 5) is 27.6. The first-order valence-electron chi connectivity index (χ1n) is 9.53. The van der Waals surface area contributed by atoms with Gasteiger partial charge in [0, 0.05) is 16.6 Å². The number of carbonyl (C=O) groups is 1. The molecule has 176 valence electrons. The van der Waals surface area contributed by atoms with E-state index < -0.39 is 44.6 Å². The van der Waals surface area contributed by atoms with Gasteiger partial charge in [0.1, 0.15) is 11.9 Å². The smallest absolute Gasteiger partial charge is 0.434 e. The van der Waals surface area contributed by atoms with Crippen LogP contribution in [-0.4, -0.2) is 36.7 Å². The molecule has 0 aliphatic rings. The Balaban J connectivity index is 2.14. The summed E-state index contributed by atoms with van der Waals surface area (Å²) in [5.41, 5.74) is 1.27. The highest BCUT2D eigenvalue weighted by atomic mass is 79.9. The molecule has 2 heterocycles. The number of pyridine rings is 1. The van der Waals surface area contributed by atoms with Crippen LogP contribution in [0.3, 0.4) is 0 Å². The lowest BCUT2D eigenvalue weighted by Gasteiger charge is -2.25. The molecule has 0 spiro atoms. The minimum absolute atomic E-state index is 0.213. The molecule has 3 rings (SSSR count). The molecule has 0 saturated carbocycles. The molecule has 3 aromatic rings. The summed E-state index contributed by atoms with van der Waals surface area (Å²) in [6.45, 7) is 5.04. The topological polar surface area (TPSA) is 144 Å². The first kappa shape index (κ1) is 24.7. The van der Waals surface area contributed by atoms with Crippen LogP contribution >= 0.6 is 15.9 Å². The summed E-state index contributed by atoms with van der Waals surface area (Å²) in [6, 6.07) is 2.79. The van der Waals surface area contributed by atoms with Crippen molar-refractivity contribution in [3.63, 3.8) is 0 Å². The van der Waals surface area contributed by atoms with Crippen LogP contribution in [0.15, 0.2) is 43.1 Å². The van der Waals surface area contributed by atoms with Crippen molar-refractivity contribution in [1.29, 1.82) is 0 Å². The van der Waals surface area contributed by atoms with Crippen LogP contribution < -0.4 is 10.5 Å². The molecule has 1 aromatic carbocycles. The van der Waals surface area contributed by atoms with Gasteiger partial charge in [-0.3, -0.25) is 0 Å². The number of H-pyrrole nitrogens is 1. The molecular formula is C20H20BrFN4O6S. The Morgan fingerprint density at radius 2 is 2.03 bits per heavy atom. The Morgan fingerprint density at radius 1 is 1.33 bits per heavy atom. The second kappa shape index (κ2) is 9.53. The zero-order valence-corrected chi connectivity index (χ0v) is 20.4. The lowest BCUT2D eigenvalue weighted by molar-refractivity contribution is 0.0595. The maximum atomic E-state index is 14.8. The predicted octanol–water partition coefficient (Wildman–Crippen LogP) is 2.89. The first-order chi connectivity index (χ1) is 15.5. The Kier molecular flexibility index (Phi) is 7.14. The summed E-state index contributed by atoms with van der Waals surface area (Å²) in [6.07, 6.45) is 1.19. The highest BCUT2D eigenvalue weighted by molar-refractivity contribution is 9.10. The number of sulfonamides is 1. The van der Waals surface area contributed by atoms with Gasteiger partial charge in [0.05, 0.1) is 12.7 Å². The van der Waals surface area contributed by atoms with E-state index >= 15 is 0 Å². The van der Waals surface area contributed by atoms with Crippen LogP contribution in [-0.2, 0) is 14.8 Å². The van der Waals surface area contributed by atoms with Gasteiger partial charge < -0.3 is 9.15 Å². The van der Waals surface area contributed by atoms with Crippen LogP contribution in [0.25, 0.3) is 0 Å². The van der Waals surface area contributed by atoms with E-state index in [4.69, 9.17) is 4.42 Å². The van der Waals surface area contributed by atoms with Crippen molar-refractivity contribution in [2.75, 3.05) is 7.11 Å². The maximum absolute atomic E-state index is 14.8. The zero-order valence-electron chi connectivity index (χ0n) is 18.0. The van der Waals surface area contributed by atoms with Crippen LogP contribution in [0.2, 0.25) is 0 Å². The quantitative estimate of drug-likeness (QED) is 0.433. The fourth-order valence-electron chi connectivity index (χ4n) is 3.39. The van der Waals surface area contributed by atoms with Crippen molar-refractivity contribution < 1.29 is 26.8 Å². The predicted molar refractivity (Wildman–Crippen MR) is 118 cm³/mol. The third-order valence-electron chi connectivity index (χ3n) is 5.17. The van der Waals surface area contributed by atoms with Crippen LogP contribution in [0.5, 0.6) is 0 Å². The van der Waals surface area contributed by atoms with Crippen molar-refractivity contribution in [1.82, 2.24) is 19.9 Å². The lowest BCUT2D eigenvalue weighted by Crippen LogP contribution is -2.34. The van der Waals surface area contributed by atoms with Gasteiger partial charge >= 0.3 is 11.7 Å². The minimum atomic E-state index is -4.51. The number of nitrogens with one attached hydrogen (secondary N) is 2. The molecule has 0 radical (unpaired) electrons. The van der Waals surface area contributed by atoms with Crippen LogP contribution in [0, 0.1) is 19.7 Å². The molecule has 33 heavy (non-hydrogen) atoms. The molecule has 13 heteroatoms. The molecule has 0 aliphatic carbocycles. The summed E-state index contributed by atoms with van der Waals surface area (Å²) in [5.74, 6) is -3.60. The second-order valence-corrected chi connectivity index (χ2v) is 9.78. The van der Waals surface area contributed by atoms with E-state index in [-0.39, 0.29) is 17.0 Å². The number of hydrogen-bond donors (Lipinski definition) is 2. The minimum Gasteiger partial charge on any atom is -0.465 e. The van der Waals surface area contributed by atoms with Crippen molar-refractivity contribution in [2.45, 2.75) is 37.8 Å². The van der Waals surface area contributed by atoms with E-state index in [1.165, 1.54) is 18.3 Å². The van der Waals surface area contributed by atoms with Crippen LogP contribution in [0.4, 0.5) is 4.39 Å². The van der Waals surface area contributed by atoms with E-state index in [9.17, 15) is 22.4 Å². The first-order valence-corrected chi connectivity index (χ1v) is 11.8. The third kappa shape index (κ3) is 5.04. The van der Waals surface area contributed by atoms with Crippen molar-refractivity contribution >= 4 is 31.9 Å². The third-order valence-corrected chi connectivity index (χ3v) is 7.00. The highest BCUT2D eigenvalue weighted by Crippen LogP contribution is 2.35. The molecule has 0 amide bonds. The molecule has 0 unspecified atom stereocenters. The Hall–Kier alpha value is -2.90. The number of carbonyl (C=O) groups excluding carboxylic acids is 1. The molecule has 2 atom stereocenters. The van der Waals surface area contributed by atoms with E-state index in [1.807, 2.05) is 0 Å². The van der Waals surface area contributed by atoms with Gasteiger partial charge in [-0.25, -0.2) is 32.5 Å². The number of nitrogens with zero attached hydrogens (tertiary/aromatic N) is 2. The van der Waals surface area contributed by atoms with Gasteiger partial charge in [-0.1, -0.05) is 13.0 Å². The number of aromatic nitrogens is 3. The number of halogens is 2. The van der Waals surface area contributed by atoms with Gasteiger partial charge in [-0.15, -0.1) is 5.10 Å². The van der Waals surface area contributed by atoms with Gasteiger partial charge in [0.2, 0.25) is 5.89 Å². The molecule has 0 fully saturated rings. The SMILES string of the molecule is COC(=O)c1cc(Br)cnc1S(=O)(=O)N[C@H](c1n[nH]c(=O)o1)[C@H](C)c1c(F)ccc(C)c1C. The molecule has 2 N–H and O–H groups in total. The van der Waals surface area contributed by atoms with E-state index in [0.29, 0.717) is 10.0 Å². The number of hydrogen-bond acceptors (Lipinski definition) is 8. The van der Waals surface area contributed by atoms with Gasteiger partial charge in [0.15, 0.2) is 5.03 Å². The van der Waals surface area contributed by atoms with E-state index in [2.05, 4.69) is 40.6 Å². The van der Waals surface area contributed by atoms with Crippen LogP contribution in [0.1, 0.15) is 51.8 Å². The summed E-state index contributed by atoms with van der Waals surface area (Å²) in [5, 5.41) is 5.19. The molecule has 0 bridgehead atoms. The van der Waals surface area contributed by atoms with Crippen molar-refractivity contribution in [3.8, 4) is 0 Å². The Morgan fingerprint density at radius 3 is 2.64 bits per heavy atom. The summed E-state index contributed by atoms with van der Waals surface area (Å²) < 4.78 is 53.8. The van der Waals surface area contributed by atoms with Gasteiger partial charge in [0.25, 0.3) is 10.0 Å². The number of esters is 1. The number of benzene rings is 1. The zero-order chi connectivity index (χ0) is 24.5. The highest BCUT2D eigenvalue weighted by Gasteiger charge is 2.35. The summed E-state index contributed by atoms with van der Waals surface area (Å²) >= 11 is 3.14. The normalized spacial score (nSPS) is 13.5.